The Kier molecular flexibility index (Phi) is 5.88. The van der Waals surface area contributed by atoms with Crippen LogP contribution in [0.15, 0.2) is 59.6 Å². The predicted octanol–water partition coefficient (Wildman–Crippen LogP) is 3.74. The lowest BCUT2D eigenvalue weighted by Crippen LogP contribution is -2.15. The van der Waals surface area contributed by atoms with Gasteiger partial charge in [-0.1, -0.05) is 12.1 Å². The second kappa shape index (κ2) is 8.36. The Morgan fingerprint density at radius 3 is 2.52 bits per heavy atom. The molecule has 152 valence electrons. The van der Waals surface area contributed by atoms with Crippen molar-refractivity contribution in [1.82, 2.24) is 10.2 Å². The third-order valence-electron chi connectivity index (χ3n) is 4.24. The van der Waals surface area contributed by atoms with E-state index < -0.39 is 15.1 Å². The molecule has 0 amide bonds. The summed E-state index contributed by atoms with van der Waals surface area (Å²) in [5.74, 6) is 1.03. The van der Waals surface area contributed by atoms with Crippen molar-refractivity contribution in [3.63, 3.8) is 0 Å². The van der Waals surface area contributed by atoms with Crippen molar-refractivity contribution in [2.75, 3.05) is 23.5 Å². The summed E-state index contributed by atoms with van der Waals surface area (Å²) in [6.45, 7) is 3.31. The molecular weight excluding hydrogens is 390 g/mol. The lowest BCUT2D eigenvalue weighted by atomic mass is 10.2. The highest BCUT2D eigenvalue weighted by atomic mass is 32.2. The molecule has 0 aliphatic heterocycles. The largest absolute Gasteiger partial charge is 0.494 e. The van der Waals surface area contributed by atoms with E-state index in [4.69, 9.17) is 10.5 Å². The molecule has 29 heavy (non-hydrogen) atoms. The van der Waals surface area contributed by atoms with Gasteiger partial charge >= 0.3 is 0 Å². The zero-order valence-corrected chi connectivity index (χ0v) is 17.2. The summed E-state index contributed by atoms with van der Waals surface area (Å²) in [5.41, 5.74) is 8.10. The van der Waals surface area contributed by atoms with Gasteiger partial charge in [-0.2, -0.15) is 5.10 Å². The van der Waals surface area contributed by atoms with E-state index in [0.29, 0.717) is 34.3 Å². The fourth-order valence-electron chi connectivity index (χ4n) is 2.67. The van der Waals surface area contributed by atoms with Gasteiger partial charge in [0.05, 0.1) is 40.5 Å². The number of hydrogen-bond donors (Lipinski definition) is 3. The van der Waals surface area contributed by atoms with Gasteiger partial charge < -0.3 is 21.1 Å². The summed E-state index contributed by atoms with van der Waals surface area (Å²) in [6, 6.07) is 13.7. The number of methoxy groups -OCH3 is 1. The van der Waals surface area contributed by atoms with Gasteiger partial charge in [0, 0.05) is 17.8 Å². The van der Waals surface area contributed by atoms with Crippen LogP contribution in [0, 0.1) is 0 Å². The molecule has 0 unspecified atom stereocenters. The highest BCUT2D eigenvalue weighted by Gasteiger charge is 2.22. The molecular formula is C20H23N5O3S. The molecule has 3 rings (SSSR count). The van der Waals surface area contributed by atoms with Crippen molar-refractivity contribution < 1.29 is 13.2 Å². The minimum atomic E-state index is -3.44. The van der Waals surface area contributed by atoms with Crippen LogP contribution < -0.4 is 21.1 Å². The summed E-state index contributed by atoms with van der Waals surface area (Å²) in [5, 5.41) is 13.8. The van der Waals surface area contributed by atoms with E-state index >= 15 is 0 Å². The number of anilines is 5. The van der Waals surface area contributed by atoms with Crippen LogP contribution in [-0.4, -0.2) is 31.0 Å². The molecule has 9 heteroatoms. The highest BCUT2D eigenvalue weighted by Crippen LogP contribution is 2.31. The van der Waals surface area contributed by atoms with Gasteiger partial charge in [0.15, 0.2) is 15.7 Å². The Morgan fingerprint density at radius 2 is 1.79 bits per heavy atom. The number of nitrogens with zero attached hydrogens (tertiary/aromatic N) is 2. The molecule has 0 atom stereocenters. The number of benzene rings is 2. The fraction of sp³-hybridized carbons (Fsp3) is 0.200. The zero-order chi connectivity index (χ0) is 21.0. The Morgan fingerprint density at radius 1 is 1.03 bits per heavy atom. The molecule has 0 saturated carbocycles. The summed E-state index contributed by atoms with van der Waals surface area (Å²) in [4.78, 5) is 0.238. The van der Waals surface area contributed by atoms with Crippen molar-refractivity contribution in [2.24, 2.45) is 0 Å². The van der Waals surface area contributed by atoms with Crippen LogP contribution in [0.25, 0.3) is 0 Å². The SMILES string of the molecule is COc1cc(N)ccc1Nc1cc(Nc2ccccc2S(=O)(=O)C(C)C)cnn1. The van der Waals surface area contributed by atoms with Gasteiger partial charge in [0.25, 0.3) is 0 Å². The van der Waals surface area contributed by atoms with E-state index in [-0.39, 0.29) is 4.90 Å². The van der Waals surface area contributed by atoms with Gasteiger partial charge in [-0.25, -0.2) is 8.42 Å². The maximum Gasteiger partial charge on any atom is 0.182 e. The van der Waals surface area contributed by atoms with Crippen LogP contribution in [0.5, 0.6) is 5.75 Å². The Labute approximate surface area is 170 Å². The van der Waals surface area contributed by atoms with Gasteiger partial charge in [-0.3, -0.25) is 0 Å². The standard InChI is InChI=1S/C20H23N5O3S/c1-13(2)29(26,27)19-7-5-4-6-17(19)23-15-11-20(25-22-12-15)24-16-9-8-14(21)10-18(16)28-3/h4-13H,21H2,1-3H3,(H2,23,24,25). The van der Waals surface area contributed by atoms with Crippen molar-refractivity contribution >= 4 is 38.4 Å². The molecule has 8 nitrogen and oxygen atoms in total. The van der Waals surface area contributed by atoms with Crippen LogP contribution in [0.2, 0.25) is 0 Å². The van der Waals surface area contributed by atoms with E-state index in [9.17, 15) is 8.42 Å². The van der Waals surface area contributed by atoms with Gasteiger partial charge in [0.2, 0.25) is 0 Å². The first-order valence-electron chi connectivity index (χ1n) is 8.94. The first kappa shape index (κ1) is 20.4. The smallest absolute Gasteiger partial charge is 0.182 e. The van der Waals surface area contributed by atoms with Crippen LogP contribution in [0.1, 0.15) is 13.8 Å². The molecule has 1 aromatic heterocycles. The van der Waals surface area contributed by atoms with E-state index in [2.05, 4.69) is 20.8 Å². The van der Waals surface area contributed by atoms with Crippen LogP contribution in [-0.2, 0) is 9.84 Å². The van der Waals surface area contributed by atoms with Crippen molar-refractivity contribution in [3.8, 4) is 5.75 Å². The summed E-state index contributed by atoms with van der Waals surface area (Å²) < 4.78 is 30.6. The quantitative estimate of drug-likeness (QED) is 0.501. The second-order valence-corrected chi connectivity index (χ2v) is 9.10. The molecule has 3 aromatic rings. The van der Waals surface area contributed by atoms with Gasteiger partial charge in [-0.15, -0.1) is 5.10 Å². The molecule has 0 aliphatic carbocycles. The summed E-state index contributed by atoms with van der Waals surface area (Å²) in [7, 11) is -1.89. The number of nitrogens with two attached hydrogens (primary N) is 1. The minimum Gasteiger partial charge on any atom is -0.494 e. The number of ether oxygens (including phenoxy) is 1. The van der Waals surface area contributed by atoms with Crippen LogP contribution >= 0.6 is 0 Å². The minimum absolute atomic E-state index is 0.238. The molecule has 0 saturated heterocycles. The van der Waals surface area contributed by atoms with Crippen molar-refractivity contribution in [1.29, 1.82) is 0 Å². The van der Waals surface area contributed by atoms with Crippen LogP contribution in [0.3, 0.4) is 0 Å². The Bertz CT molecular complexity index is 1120. The molecule has 0 aliphatic rings. The predicted molar refractivity (Wildman–Crippen MR) is 115 cm³/mol. The lowest BCUT2D eigenvalue weighted by molar-refractivity contribution is 0.417. The number of rotatable bonds is 7. The van der Waals surface area contributed by atoms with E-state index in [0.717, 1.165) is 0 Å². The summed E-state index contributed by atoms with van der Waals surface area (Å²) in [6.07, 6.45) is 1.52. The lowest BCUT2D eigenvalue weighted by Gasteiger charge is -2.15. The average molecular weight is 414 g/mol. The Hall–Kier alpha value is -3.33. The molecule has 0 bridgehead atoms. The van der Waals surface area contributed by atoms with Crippen molar-refractivity contribution in [3.05, 3.63) is 54.7 Å². The third kappa shape index (κ3) is 4.57. The number of para-hydroxylation sites is 1. The second-order valence-electron chi connectivity index (χ2n) is 6.63. The molecule has 2 aromatic carbocycles. The van der Waals surface area contributed by atoms with Crippen LogP contribution in [0.4, 0.5) is 28.6 Å². The van der Waals surface area contributed by atoms with Gasteiger partial charge in [-0.05, 0) is 38.1 Å². The third-order valence-corrected chi connectivity index (χ3v) is 6.45. The average Bonchev–Trinajstić information content (AvgIpc) is 2.70. The zero-order valence-electron chi connectivity index (χ0n) is 16.4. The fourth-order valence-corrected chi connectivity index (χ4v) is 3.87. The topological polar surface area (TPSA) is 119 Å². The van der Waals surface area contributed by atoms with Crippen molar-refractivity contribution in [2.45, 2.75) is 24.0 Å². The number of hydrogen-bond acceptors (Lipinski definition) is 8. The van der Waals surface area contributed by atoms with E-state index in [1.165, 1.54) is 6.20 Å². The highest BCUT2D eigenvalue weighted by molar-refractivity contribution is 7.92. The van der Waals surface area contributed by atoms with Gasteiger partial charge in [0.1, 0.15) is 5.75 Å². The number of nitrogen functional groups attached to an aromatic ring is 1. The summed E-state index contributed by atoms with van der Waals surface area (Å²) >= 11 is 0. The molecule has 4 N–H and O–H groups in total. The Balaban J connectivity index is 1.89. The number of aromatic nitrogens is 2. The first-order valence-corrected chi connectivity index (χ1v) is 10.5. The molecule has 1 heterocycles. The number of sulfone groups is 1. The molecule has 0 radical (unpaired) electrons. The normalized spacial score (nSPS) is 11.3. The maximum atomic E-state index is 12.6. The molecule has 0 spiro atoms. The number of nitrogens with one attached hydrogen (secondary N) is 2. The van der Waals surface area contributed by atoms with E-state index in [1.54, 1.807) is 69.5 Å². The first-order chi connectivity index (χ1) is 13.8. The van der Waals surface area contributed by atoms with E-state index in [1.807, 2.05) is 0 Å². The maximum absolute atomic E-state index is 12.6. The monoisotopic (exact) mass is 413 g/mol. The molecule has 0 fully saturated rings.